The van der Waals surface area contributed by atoms with Crippen molar-refractivity contribution in [3.8, 4) is 0 Å². The summed E-state index contributed by atoms with van der Waals surface area (Å²) >= 11 is 7.36. The predicted molar refractivity (Wildman–Crippen MR) is 226 cm³/mol. The summed E-state index contributed by atoms with van der Waals surface area (Å²) in [6.07, 6.45) is 5.14. The van der Waals surface area contributed by atoms with Crippen LogP contribution in [0.5, 0.6) is 0 Å². The average molecular weight is 866 g/mol. The van der Waals surface area contributed by atoms with E-state index in [9.17, 15) is 49.2 Å². The first-order valence-corrected chi connectivity index (χ1v) is 21.6. The number of anilines is 1. The molecule has 0 bridgehead atoms. The number of carboxylic acids is 4. The first-order chi connectivity index (χ1) is 28.2. The first-order valence-electron chi connectivity index (χ1n) is 20.1. The maximum absolute atomic E-state index is 12.3. The number of aliphatic carboxylic acids is 4. The van der Waals surface area contributed by atoms with E-state index in [1.165, 1.54) is 0 Å². The third kappa shape index (κ3) is 17.9. The van der Waals surface area contributed by atoms with Crippen LogP contribution in [-0.4, -0.2) is 195 Å². The van der Waals surface area contributed by atoms with Crippen molar-refractivity contribution in [2.24, 2.45) is 0 Å². The molecular formula is C38H59N9O10S2. The van der Waals surface area contributed by atoms with Gasteiger partial charge in [-0.2, -0.15) is 11.8 Å². The van der Waals surface area contributed by atoms with E-state index in [1.54, 1.807) is 19.6 Å². The lowest BCUT2D eigenvalue weighted by Gasteiger charge is -2.37. The van der Waals surface area contributed by atoms with E-state index in [4.69, 9.17) is 12.2 Å². The molecule has 1 aromatic rings. The van der Waals surface area contributed by atoms with Gasteiger partial charge in [0.15, 0.2) is 5.11 Å². The smallest absolute Gasteiger partial charge is 0.317 e. The van der Waals surface area contributed by atoms with Crippen molar-refractivity contribution in [1.82, 2.24) is 40.9 Å². The van der Waals surface area contributed by atoms with Gasteiger partial charge in [-0.3, -0.25) is 43.6 Å². The SMILES string of the molecule is O=C(O)CN1CCN(CC(=O)O)CCN(CC(=O)O)C(Cc2ccc(NC(=S)NCCCCNC(=O)CCCC[C@@H]3SC[C@@H]4NC(=O)N[C@@H]43)cc2)CN(CC(=O)O)CC1. The van der Waals surface area contributed by atoms with Gasteiger partial charge in [0, 0.05) is 88.1 Å². The van der Waals surface area contributed by atoms with Crippen molar-refractivity contribution < 1.29 is 49.2 Å². The number of amides is 3. The fraction of sp³-hybridized carbons (Fsp3) is 0.658. The number of rotatable bonds is 21. The molecule has 0 saturated carbocycles. The molecule has 4 atom stereocenters. The van der Waals surface area contributed by atoms with Crippen molar-refractivity contribution in [2.75, 3.05) is 96.2 Å². The summed E-state index contributed by atoms with van der Waals surface area (Å²) < 4.78 is 0. The van der Waals surface area contributed by atoms with Crippen LogP contribution in [0.15, 0.2) is 24.3 Å². The number of thiocarbonyl (C=S) groups is 1. The van der Waals surface area contributed by atoms with Gasteiger partial charge in [-0.05, 0) is 62.0 Å². The number of carbonyl (C=O) groups excluding carboxylic acids is 2. The second-order valence-corrected chi connectivity index (χ2v) is 16.9. The molecule has 3 aliphatic heterocycles. The molecule has 59 heavy (non-hydrogen) atoms. The van der Waals surface area contributed by atoms with Crippen molar-refractivity contribution >= 4 is 70.6 Å². The highest BCUT2D eigenvalue weighted by atomic mass is 32.2. The molecule has 0 aliphatic carbocycles. The second-order valence-electron chi connectivity index (χ2n) is 15.2. The Labute approximate surface area is 354 Å². The number of carbonyl (C=O) groups is 6. The van der Waals surface area contributed by atoms with Crippen LogP contribution in [0.25, 0.3) is 0 Å². The van der Waals surface area contributed by atoms with E-state index in [2.05, 4.69) is 26.6 Å². The van der Waals surface area contributed by atoms with Crippen molar-refractivity contribution in [1.29, 1.82) is 0 Å². The Balaban J connectivity index is 1.23. The molecule has 328 valence electrons. The zero-order chi connectivity index (χ0) is 42.7. The molecular weight excluding hydrogens is 807 g/mol. The highest BCUT2D eigenvalue weighted by Gasteiger charge is 2.42. The Morgan fingerprint density at radius 1 is 0.729 bits per heavy atom. The largest absolute Gasteiger partial charge is 0.480 e. The predicted octanol–water partition coefficient (Wildman–Crippen LogP) is 0.0663. The Bertz CT molecular complexity index is 1590. The highest BCUT2D eigenvalue weighted by molar-refractivity contribution is 8.00. The molecule has 0 radical (unpaired) electrons. The van der Waals surface area contributed by atoms with Gasteiger partial charge in [-0.25, -0.2) is 4.79 Å². The van der Waals surface area contributed by atoms with Crippen LogP contribution in [0.2, 0.25) is 0 Å². The van der Waals surface area contributed by atoms with Crippen molar-refractivity contribution in [3.05, 3.63) is 29.8 Å². The monoisotopic (exact) mass is 865 g/mol. The number of urea groups is 1. The molecule has 19 nitrogen and oxygen atoms in total. The van der Waals surface area contributed by atoms with Crippen molar-refractivity contribution in [2.45, 2.75) is 68.3 Å². The van der Waals surface area contributed by atoms with Crippen LogP contribution in [0.3, 0.4) is 0 Å². The molecule has 3 amide bonds. The molecule has 3 heterocycles. The first kappa shape index (κ1) is 47.4. The zero-order valence-electron chi connectivity index (χ0n) is 33.3. The normalized spacial score (nSPS) is 22.2. The van der Waals surface area contributed by atoms with Gasteiger partial charge in [0.2, 0.25) is 5.91 Å². The Hall–Kier alpha value is -4.28. The molecule has 3 saturated heterocycles. The number of hydrogen-bond acceptors (Lipinski definition) is 12. The molecule has 0 aromatic heterocycles. The Kier molecular flexibility index (Phi) is 19.9. The number of nitrogens with one attached hydrogen (secondary N) is 5. The number of hydrogen-bond donors (Lipinski definition) is 9. The lowest BCUT2D eigenvalue weighted by atomic mass is 10.0. The second kappa shape index (κ2) is 24.7. The number of benzene rings is 1. The third-order valence-corrected chi connectivity index (χ3v) is 12.3. The number of fused-ring (bicyclic) bond motifs is 1. The van der Waals surface area contributed by atoms with Crippen LogP contribution in [-0.2, 0) is 30.4 Å². The van der Waals surface area contributed by atoms with E-state index in [0.717, 1.165) is 49.1 Å². The molecule has 0 spiro atoms. The van der Waals surface area contributed by atoms with E-state index in [0.29, 0.717) is 36.3 Å². The van der Waals surface area contributed by atoms with E-state index in [-0.39, 0.29) is 96.0 Å². The lowest BCUT2D eigenvalue weighted by Crippen LogP contribution is -2.53. The molecule has 3 aliphatic rings. The summed E-state index contributed by atoms with van der Waals surface area (Å²) in [5, 5.41) is 54.6. The summed E-state index contributed by atoms with van der Waals surface area (Å²) in [4.78, 5) is 77.7. The molecule has 1 aromatic carbocycles. The fourth-order valence-electron chi connectivity index (χ4n) is 7.57. The molecule has 4 rings (SSSR count). The van der Waals surface area contributed by atoms with Gasteiger partial charge >= 0.3 is 29.9 Å². The van der Waals surface area contributed by atoms with Gasteiger partial charge in [0.1, 0.15) is 0 Å². The van der Waals surface area contributed by atoms with Gasteiger partial charge in [-0.15, -0.1) is 0 Å². The number of unbranched alkanes of at least 4 members (excludes halogenated alkanes) is 2. The molecule has 9 N–H and O–H groups in total. The summed E-state index contributed by atoms with van der Waals surface area (Å²) in [5.74, 6) is -3.29. The van der Waals surface area contributed by atoms with Crippen LogP contribution < -0.4 is 26.6 Å². The lowest BCUT2D eigenvalue weighted by molar-refractivity contribution is -0.142. The quantitative estimate of drug-likeness (QED) is 0.0450. The summed E-state index contributed by atoms with van der Waals surface area (Å²) in [6.45, 7) is 1.42. The fourth-order valence-corrected chi connectivity index (χ4v) is 9.33. The van der Waals surface area contributed by atoms with Gasteiger partial charge in [-0.1, -0.05) is 18.6 Å². The van der Waals surface area contributed by atoms with Gasteiger partial charge in [0.05, 0.1) is 38.3 Å². The van der Waals surface area contributed by atoms with E-state index < -0.39 is 29.9 Å². The van der Waals surface area contributed by atoms with Crippen LogP contribution in [0.4, 0.5) is 10.5 Å². The minimum atomic E-state index is -1.08. The number of thioether (sulfide) groups is 1. The summed E-state index contributed by atoms with van der Waals surface area (Å²) in [5.41, 5.74) is 1.59. The molecule has 1 unspecified atom stereocenters. The summed E-state index contributed by atoms with van der Waals surface area (Å²) in [6, 6.07) is 7.28. The van der Waals surface area contributed by atoms with Crippen LogP contribution in [0, 0.1) is 0 Å². The third-order valence-electron chi connectivity index (χ3n) is 10.5. The van der Waals surface area contributed by atoms with Gasteiger partial charge < -0.3 is 47.0 Å². The summed E-state index contributed by atoms with van der Waals surface area (Å²) in [7, 11) is 0. The maximum Gasteiger partial charge on any atom is 0.317 e. The minimum Gasteiger partial charge on any atom is -0.480 e. The zero-order valence-corrected chi connectivity index (χ0v) is 34.9. The van der Waals surface area contributed by atoms with Gasteiger partial charge in [0.25, 0.3) is 0 Å². The molecule has 3 fully saturated rings. The average Bonchev–Trinajstić information content (AvgIpc) is 3.72. The Morgan fingerprint density at radius 2 is 1.31 bits per heavy atom. The maximum atomic E-state index is 12.3. The van der Waals surface area contributed by atoms with E-state index in [1.807, 2.05) is 36.0 Å². The Morgan fingerprint density at radius 3 is 1.93 bits per heavy atom. The van der Waals surface area contributed by atoms with E-state index >= 15 is 0 Å². The standard InChI is InChI=1S/C38H59N9O10S2/c48-31(6-2-1-5-30-36-29(25-59-30)42-37(57)43-36)39-11-3-4-12-40-38(58)41-27-9-7-26(8-10-27)19-28-20-46(23-34(53)54)16-15-44(21-32(49)50)13-14-45(22-33(51)52)17-18-47(28)24-35(55)56/h7-10,28-30,36H,1-6,11-25H2,(H,39,48)(H,49,50)(H,51,52)(H,53,54)(H,55,56)(H2,40,41,58)(H2,42,43,57)/t28?,29-,30-,36-/m0/s1. The number of carboxylic acid groups (broad SMARTS) is 4. The number of nitrogens with zero attached hydrogens (tertiary/aromatic N) is 4. The topological polar surface area (TPSA) is 256 Å². The van der Waals surface area contributed by atoms with Crippen LogP contribution >= 0.6 is 24.0 Å². The molecule has 21 heteroatoms. The van der Waals surface area contributed by atoms with Crippen LogP contribution in [0.1, 0.15) is 44.1 Å². The van der Waals surface area contributed by atoms with Crippen molar-refractivity contribution in [3.63, 3.8) is 0 Å². The minimum absolute atomic E-state index is 0.0385. The highest BCUT2D eigenvalue weighted by Crippen LogP contribution is 2.33.